The summed E-state index contributed by atoms with van der Waals surface area (Å²) < 4.78 is 11.8. The van der Waals surface area contributed by atoms with Gasteiger partial charge in [0.25, 0.3) is 0 Å². The maximum atomic E-state index is 11.8. The first-order valence-electron chi connectivity index (χ1n) is 3.53. The first-order chi connectivity index (χ1) is 5.24. The molecule has 0 radical (unpaired) electrons. The van der Waals surface area contributed by atoms with Gasteiger partial charge < -0.3 is 0 Å². The maximum absolute atomic E-state index is 11.8. The van der Waals surface area contributed by atoms with Crippen molar-refractivity contribution in [2.45, 2.75) is 20.3 Å². The van der Waals surface area contributed by atoms with Gasteiger partial charge in [0.2, 0.25) is 0 Å². The fourth-order valence-corrected chi connectivity index (χ4v) is 0.831. The highest BCUT2D eigenvalue weighted by Crippen LogP contribution is 2.11. The maximum Gasteiger partial charge on any atom is 0.105 e. The minimum Gasteiger partial charge on any atom is -0.214 e. The lowest BCUT2D eigenvalue weighted by Crippen LogP contribution is -1.74. The molecule has 0 aliphatic carbocycles. The van der Waals surface area contributed by atoms with Crippen molar-refractivity contribution in [3.05, 3.63) is 35.2 Å². The van der Waals surface area contributed by atoms with E-state index in [1.54, 1.807) is 6.08 Å². The molecule has 0 aromatic rings. The van der Waals surface area contributed by atoms with Crippen LogP contribution in [0.5, 0.6) is 0 Å². The third kappa shape index (κ3) is 4.79. The van der Waals surface area contributed by atoms with Crippen LogP contribution in [-0.2, 0) is 0 Å². The number of allylic oxidation sites excluding steroid dienone is 5. The van der Waals surface area contributed by atoms with Crippen molar-refractivity contribution in [2.75, 3.05) is 0 Å². The van der Waals surface area contributed by atoms with Crippen molar-refractivity contribution >= 4 is 11.6 Å². The Balaban J connectivity index is 4.35. The molecule has 11 heavy (non-hydrogen) atoms. The summed E-state index contributed by atoms with van der Waals surface area (Å²) in [6.45, 7) is 3.91. The van der Waals surface area contributed by atoms with Crippen LogP contribution in [0, 0.1) is 0 Å². The van der Waals surface area contributed by atoms with E-state index in [-0.39, 0.29) is 5.03 Å². The van der Waals surface area contributed by atoms with Crippen LogP contribution in [-0.4, -0.2) is 0 Å². The van der Waals surface area contributed by atoms with E-state index in [0.29, 0.717) is 6.33 Å². The summed E-state index contributed by atoms with van der Waals surface area (Å²) in [5, 5.41) is 0.139. The lowest BCUT2D eigenvalue weighted by molar-refractivity contribution is 0.719. The number of hydrogen-bond donors (Lipinski definition) is 0. The van der Waals surface area contributed by atoms with E-state index in [9.17, 15) is 4.39 Å². The van der Waals surface area contributed by atoms with Gasteiger partial charge in [-0.1, -0.05) is 30.7 Å². The molecule has 62 valence electrons. The standard InChI is InChI=1S/C9H12ClF/c1-3-5-8(4-2)6-9(10)7-11/h3,5-7H,4H2,1-2H3/b5-3-,8-6-,9-7-. The molecule has 0 aromatic heterocycles. The molecule has 0 saturated heterocycles. The normalized spacial score (nSPS) is 14.5. The zero-order valence-electron chi connectivity index (χ0n) is 6.77. The zero-order valence-corrected chi connectivity index (χ0v) is 7.53. The van der Waals surface area contributed by atoms with Gasteiger partial charge in [-0.3, -0.25) is 0 Å². The fourth-order valence-electron chi connectivity index (χ4n) is 0.691. The molecule has 0 unspecified atom stereocenters. The highest BCUT2D eigenvalue weighted by atomic mass is 35.5. The molecule has 0 amide bonds. The van der Waals surface area contributed by atoms with Gasteiger partial charge in [-0.15, -0.1) is 0 Å². The molecule has 0 nitrogen and oxygen atoms in total. The summed E-state index contributed by atoms with van der Waals surface area (Å²) in [4.78, 5) is 0. The number of rotatable bonds is 3. The van der Waals surface area contributed by atoms with E-state index in [2.05, 4.69) is 0 Å². The predicted octanol–water partition coefficient (Wildman–Crippen LogP) is 3.95. The van der Waals surface area contributed by atoms with Crippen LogP contribution >= 0.6 is 11.6 Å². The third-order valence-electron chi connectivity index (χ3n) is 1.22. The van der Waals surface area contributed by atoms with Gasteiger partial charge in [0.15, 0.2) is 0 Å². The third-order valence-corrected chi connectivity index (χ3v) is 1.41. The van der Waals surface area contributed by atoms with Crippen LogP contribution < -0.4 is 0 Å². The summed E-state index contributed by atoms with van der Waals surface area (Å²) in [5.41, 5.74) is 1.02. The van der Waals surface area contributed by atoms with Crippen molar-refractivity contribution < 1.29 is 4.39 Å². The van der Waals surface area contributed by atoms with Crippen molar-refractivity contribution in [3.8, 4) is 0 Å². The molecule has 0 aliphatic rings. The Bertz CT molecular complexity index is 190. The minimum absolute atomic E-state index is 0.139. The molecule has 0 rings (SSSR count). The van der Waals surface area contributed by atoms with Crippen LogP contribution in [0.3, 0.4) is 0 Å². The Hall–Kier alpha value is -0.560. The Kier molecular flexibility index (Phi) is 5.86. The second kappa shape index (κ2) is 6.17. The van der Waals surface area contributed by atoms with Gasteiger partial charge >= 0.3 is 0 Å². The lowest BCUT2D eigenvalue weighted by Gasteiger charge is -1.94. The van der Waals surface area contributed by atoms with Crippen molar-refractivity contribution in [2.24, 2.45) is 0 Å². The zero-order chi connectivity index (χ0) is 8.69. The van der Waals surface area contributed by atoms with E-state index < -0.39 is 0 Å². The van der Waals surface area contributed by atoms with Gasteiger partial charge in [-0.05, 0) is 25.0 Å². The van der Waals surface area contributed by atoms with E-state index in [1.807, 2.05) is 26.0 Å². The molecular weight excluding hydrogens is 163 g/mol. The molecule has 0 spiro atoms. The van der Waals surface area contributed by atoms with E-state index in [1.165, 1.54) is 0 Å². The Morgan fingerprint density at radius 2 is 2.18 bits per heavy atom. The average molecular weight is 175 g/mol. The molecule has 2 heteroatoms. The molecular formula is C9H12ClF. The SMILES string of the molecule is C\C=C/C(=C\C(Cl)=C\F)CC. The monoisotopic (exact) mass is 174 g/mol. The quantitative estimate of drug-likeness (QED) is 0.569. The highest BCUT2D eigenvalue weighted by molar-refractivity contribution is 6.31. The minimum atomic E-state index is 0.139. The summed E-state index contributed by atoms with van der Waals surface area (Å²) in [7, 11) is 0. The van der Waals surface area contributed by atoms with Crippen LogP contribution in [0.1, 0.15) is 20.3 Å². The molecule has 0 fully saturated rings. The van der Waals surface area contributed by atoms with Crippen molar-refractivity contribution in [1.82, 2.24) is 0 Å². The van der Waals surface area contributed by atoms with E-state index >= 15 is 0 Å². The highest BCUT2D eigenvalue weighted by Gasteiger charge is 1.89. The number of halogens is 2. The molecule has 0 aliphatic heterocycles. The summed E-state index contributed by atoms with van der Waals surface area (Å²) >= 11 is 5.45. The Morgan fingerprint density at radius 3 is 2.55 bits per heavy atom. The Morgan fingerprint density at radius 1 is 1.55 bits per heavy atom. The van der Waals surface area contributed by atoms with Gasteiger partial charge in [-0.25, -0.2) is 4.39 Å². The molecule has 0 atom stereocenters. The van der Waals surface area contributed by atoms with Crippen LogP contribution in [0.4, 0.5) is 4.39 Å². The fraction of sp³-hybridized carbons (Fsp3) is 0.333. The van der Waals surface area contributed by atoms with Gasteiger partial charge in [0.1, 0.15) is 6.33 Å². The number of hydrogen-bond acceptors (Lipinski definition) is 0. The van der Waals surface area contributed by atoms with Crippen molar-refractivity contribution in [1.29, 1.82) is 0 Å². The molecule has 0 saturated carbocycles. The molecule has 0 N–H and O–H groups in total. The predicted molar refractivity (Wildman–Crippen MR) is 48.2 cm³/mol. The van der Waals surface area contributed by atoms with Crippen LogP contribution in [0.25, 0.3) is 0 Å². The molecule has 0 aromatic carbocycles. The Labute approximate surface area is 72.1 Å². The van der Waals surface area contributed by atoms with Crippen LogP contribution in [0.15, 0.2) is 35.2 Å². The smallest absolute Gasteiger partial charge is 0.105 e. The average Bonchev–Trinajstić information content (AvgIpc) is 2.03. The summed E-state index contributed by atoms with van der Waals surface area (Å²) in [6, 6.07) is 0. The van der Waals surface area contributed by atoms with Gasteiger partial charge in [-0.2, -0.15) is 0 Å². The largest absolute Gasteiger partial charge is 0.214 e. The van der Waals surface area contributed by atoms with Crippen molar-refractivity contribution in [3.63, 3.8) is 0 Å². The summed E-state index contributed by atoms with van der Waals surface area (Å²) in [6.07, 6.45) is 6.67. The van der Waals surface area contributed by atoms with E-state index in [0.717, 1.165) is 12.0 Å². The molecule has 0 bridgehead atoms. The second-order valence-corrected chi connectivity index (χ2v) is 2.50. The first kappa shape index (κ1) is 10.4. The van der Waals surface area contributed by atoms with Gasteiger partial charge in [0, 0.05) is 0 Å². The van der Waals surface area contributed by atoms with Gasteiger partial charge in [0.05, 0.1) is 5.03 Å². The topological polar surface area (TPSA) is 0 Å². The van der Waals surface area contributed by atoms with E-state index in [4.69, 9.17) is 11.6 Å². The second-order valence-electron chi connectivity index (χ2n) is 2.07. The summed E-state index contributed by atoms with van der Waals surface area (Å²) in [5.74, 6) is 0. The molecule has 0 heterocycles. The lowest BCUT2D eigenvalue weighted by atomic mass is 10.2. The van der Waals surface area contributed by atoms with Crippen LogP contribution in [0.2, 0.25) is 0 Å². The first-order valence-corrected chi connectivity index (χ1v) is 3.91.